The van der Waals surface area contributed by atoms with Gasteiger partial charge in [-0.25, -0.2) is 0 Å². The molecule has 0 unspecified atom stereocenters. The number of ether oxygens (including phenoxy) is 1. The number of aryl methyl sites for hydroxylation is 1. The van der Waals surface area contributed by atoms with Crippen molar-refractivity contribution in [3.8, 4) is 11.5 Å². The Morgan fingerprint density at radius 1 is 1.12 bits per heavy atom. The number of hydrogen-bond acceptors (Lipinski definition) is 9. The van der Waals surface area contributed by atoms with Crippen LogP contribution >= 0.6 is 11.6 Å². The molecule has 0 saturated carbocycles. The molecular weight excluding hydrogens is 460 g/mol. The van der Waals surface area contributed by atoms with Crippen LogP contribution in [0.4, 0.5) is 11.8 Å². The highest BCUT2D eigenvalue weighted by Crippen LogP contribution is 2.30. The van der Waals surface area contributed by atoms with E-state index in [4.69, 9.17) is 25.7 Å². The summed E-state index contributed by atoms with van der Waals surface area (Å²) < 4.78 is 13.5. The molecule has 1 fully saturated rings. The van der Waals surface area contributed by atoms with E-state index in [1.165, 1.54) is 0 Å². The van der Waals surface area contributed by atoms with Crippen molar-refractivity contribution in [2.45, 2.75) is 13.5 Å². The van der Waals surface area contributed by atoms with Gasteiger partial charge in [-0.15, -0.1) is 10.2 Å². The second kappa shape index (κ2) is 9.24. The number of carbonyl (C=O) groups is 1. The number of nitrogens with zero attached hydrogens (tertiary/aromatic N) is 7. The van der Waals surface area contributed by atoms with Crippen LogP contribution in [0.1, 0.15) is 21.9 Å². The minimum Gasteiger partial charge on any atom is -0.419 e. The molecule has 0 atom stereocenters. The average molecular weight is 487 g/mol. The molecule has 2 aliphatic heterocycles. The Labute approximate surface area is 202 Å². The van der Waals surface area contributed by atoms with Gasteiger partial charge in [0.15, 0.2) is 11.5 Å². The maximum absolute atomic E-state index is 13.4. The van der Waals surface area contributed by atoms with Crippen molar-refractivity contribution < 1.29 is 13.9 Å². The van der Waals surface area contributed by atoms with Crippen molar-refractivity contribution in [2.75, 3.05) is 63.5 Å². The number of amides is 1. The molecule has 4 heterocycles. The van der Waals surface area contributed by atoms with Crippen molar-refractivity contribution in [3.05, 3.63) is 40.4 Å². The number of piperazine rings is 1. The first kappa shape index (κ1) is 22.6. The maximum Gasteiger partial charge on any atom is 0.276 e. The third kappa shape index (κ3) is 4.22. The number of imidazole rings is 1. The zero-order chi connectivity index (χ0) is 23.8. The van der Waals surface area contributed by atoms with E-state index < -0.39 is 0 Å². The first-order chi connectivity index (χ1) is 16.4. The number of fused-ring (bicyclic) bond motifs is 1. The zero-order valence-electron chi connectivity index (χ0n) is 19.4. The maximum atomic E-state index is 13.4. The Morgan fingerprint density at radius 3 is 2.65 bits per heavy atom. The van der Waals surface area contributed by atoms with E-state index in [-0.39, 0.29) is 19.2 Å². The topological polar surface area (TPSA) is 105 Å². The van der Waals surface area contributed by atoms with E-state index in [0.29, 0.717) is 41.0 Å². The summed E-state index contributed by atoms with van der Waals surface area (Å²) in [5, 5.41) is 12.5. The van der Waals surface area contributed by atoms with Crippen molar-refractivity contribution in [1.82, 2.24) is 30.0 Å². The summed E-state index contributed by atoms with van der Waals surface area (Å²) in [4.78, 5) is 23.8. The van der Waals surface area contributed by atoms with E-state index in [1.54, 1.807) is 11.9 Å². The number of aromatic nitrogens is 4. The van der Waals surface area contributed by atoms with Gasteiger partial charge in [0.1, 0.15) is 20.0 Å². The standard InChI is InChI=1S/C22H27ClN8O3/c1-14-10-15(4-5-16(14)23)20-27-26-17(34-20)11-31-18-19(25-22(31)30-8-6-24-7-9-30)28(2)12-33-13-29(3)21(18)32/h4-5,10,24H,6-9,11-13H2,1-3H3. The molecule has 2 aliphatic rings. The van der Waals surface area contributed by atoms with Crippen LogP contribution in [-0.2, 0) is 11.3 Å². The Hall–Kier alpha value is -3.15. The molecule has 1 amide bonds. The summed E-state index contributed by atoms with van der Waals surface area (Å²) >= 11 is 6.15. The van der Waals surface area contributed by atoms with E-state index in [0.717, 1.165) is 37.3 Å². The lowest BCUT2D eigenvalue weighted by Crippen LogP contribution is -2.45. The van der Waals surface area contributed by atoms with Gasteiger partial charge in [0.25, 0.3) is 5.91 Å². The van der Waals surface area contributed by atoms with Crippen LogP contribution in [0.15, 0.2) is 22.6 Å². The van der Waals surface area contributed by atoms with Crippen LogP contribution in [0, 0.1) is 6.92 Å². The zero-order valence-corrected chi connectivity index (χ0v) is 20.2. The molecule has 0 spiro atoms. The van der Waals surface area contributed by atoms with E-state index in [1.807, 2.05) is 41.6 Å². The van der Waals surface area contributed by atoms with Gasteiger partial charge in [-0.3, -0.25) is 9.36 Å². The smallest absolute Gasteiger partial charge is 0.276 e. The monoisotopic (exact) mass is 486 g/mol. The molecule has 1 aromatic carbocycles. The number of hydrogen-bond donors (Lipinski definition) is 1. The molecule has 0 bridgehead atoms. The van der Waals surface area contributed by atoms with E-state index in [2.05, 4.69) is 20.4 Å². The van der Waals surface area contributed by atoms with E-state index >= 15 is 0 Å². The van der Waals surface area contributed by atoms with Gasteiger partial charge >= 0.3 is 0 Å². The fourth-order valence-electron chi connectivity index (χ4n) is 4.12. The molecule has 180 valence electrons. The van der Waals surface area contributed by atoms with Crippen LogP contribution < -0.4 is 15.1 Å². The molecule has 0 radical (unpaired) electrons. The Bertz CT molecular complexity index is 1200. The quantitative estimate of drug-likeness (QED) is 0.591. The van der Waals surface area contributed by atoms with E-state index in [9.17, 15) is 4.79 Å². The van der Waals surface area contributed by atoms with Crippen molar-refractivity contribution >= 4 is 29.3 Å². The van der Waals surface area contributed by atoms with Gasteiger partial charge in [0.05, 0.1) is 0 Å². The second-order valence-electron chi connectivity index (χ2n) is 8.54. The minimum atomic E-state index is -0.177. The highest BCUT2D eigenvalue weighted by atomic mass is 35.5. The molecule has 2 aromatic heterocycles. The predicted octanol–water partition coefficient (Wildman–Crippen LogP) is 1.81. The minimum absolute atomic E-state index is 0.177. The van der Waals surface area contributed by atoms with Crippen LogP contribution in [-0.4, -0.2) is 84.3 Å². The predicted molar refractivity (Wildman–Crippen MR) is 127 cm³/mol. The SMILES string of the molecule is Cc1cc(-c2nnc(Cn3c(N4CCNCC4)nc4c3C(=O)N(C)COCN4C)o2)ccc1Cl. The lowest BCUT2D eigenvalue weighted by molar-refractivity contribution is 0.0312. The molecule has 12 heteroatoms. The number of rotatable bonds is 4. The van der Waals surface area contributed by atoms with Gasteiger partial charge in [0.2, 0.25) is 17.7 Å². The Morgan fingerprint density at radius 2 is 1.88 bits per heavy atom. The normalized spacial score (nSPS) is 17.1. The fraction of sp³-hybridized carbons (Fsp3) is 0.455. The third-order valence-corrected chi connectivity index (χ3v) is 6.40. The Balaban J connectivity index is 1.56. The van der Waals surface area contributed by atoms with Crippen LogP contribution in [0.25, 0.3) is 11.5 Å². The highest BCUT2D eigenvalue weighted by Gasteiger charge is 2.32. The lowest BCUT2D eigenvalue weighted by atomic mass is 10.1. The summed E-state index contributed by atoms with van der Waals surface area (Å²) in [6.07, 6.45) is 0. The summed E-state index contributed by atoms with van der Waals surface area (Å²) in [5.41, 5.74) is 2.19. The van der Waals surface area contributed by atoms with Crippen LogP contribution in [0.2, 0.25) is 5.02 Å². The third-order valence-electron chi connectivity index (χ3n) is 5.97. The van der Waals surface area contributed by atoms with Crippen LogP contribution in [0.3, 0.4) is 0 Å². The summed E-state index contributed by atoms with van der Waals surface area (Å²) in [5.74, 6) is 1.87. The number of halogens is 1. The fourth-order valence-corrected chi connectivity index (χ4v) is 4.24. The van der Waals surface area contributed by atoms with Gasteiger partial charge in [0, 0.05) is 50.9 Å². The molecule has 1 N–H and O–H groups in total. The summed E-state index contributed by atoms with van der Waals surface area (Å²) in [7, 11) is 3.58. The number of benzene rings is 1. The first-order valence-electron chi connectivity index (χ1n) is 11.1. The van der Waals surface area contributed by atoms with Gasteiger partial charge < -0.3 is 29.2 Å². The summed E-state index contributed by atoms with van der Waals surface area (Å²) in [6.45, 7) is 5.89. The second-order valence-corrected chi connectivity index (χ2v) is 8.94. The number of nitrogens with one attached hydrogen (secondary N) is 1. The summed E-state index contributed by atoms with van der Waals surface area (Å²) in [6, 6.07) is 5.56. The van der Waals surface area contributed by atoms with Gasteiger partial charge in [-0.05, 0) is 30.7 Å². The van der Waals surface area contributed by atoms with Crippen molar-refractivity contribution in [2.24, 2.45) is 0 Å². The molecule has 5 rings (SSSR count). The van der Waals surface area contributed by atoms with Crippen LogP contribution in [0.5, 0.6) is 0 Å². The van der Waals surface area contributed by atoms with Gasteiger partial charge in [-0.1, -0.05) is 11.6 Å². The average Bonchev–Trinajstić information content (AvgIpc) is 3.45. The number of anilines is 2. The Kier molecular flexibility index (Phi) is 6.15. The number of carbonyl (C=O) groups excluding carboxylic acids is 1. The molecule has 0 aliphatic carbocycles. The molecule has 11 nitrogen and oxygen atoms in total. The lowest BCUT2D eigenvalue weighted by Gasteiger charge is -2.29. The molecule has 34 heavy (non-hydrogen) atoms. The molecule has 1 saturated heterocycles. The molecular formula is C22H27ClN8O3. The van der Waals surface area contributed by atoms with Crippen molar-refractivity contribution in [3.63, 3.8) is 0 Å². The highest BCUT2D eigenvalue weighted by molar-refractivity contribution is 6.31. The van der Waals surface area contributed by atoms with Gasteiger partial charge in [-0.2, -0.15) is 4.98 Å². The largest absolute Gasteiger partial charge is 0.419 e. The van der Waals surface area contributed by atoms with Crippen molar-refractivity contribution in [1.29, 1.82) is 0 Å². The first-order valence-corrected chi connectivity index (χ1v) is 11.5. The molecule has 3 aromatic rings.